The van der Waals surface area contributed by atoms with Gasteiger partial charge in [-0.25, -0.2) is 0 Å². The molecule has 1 atom stereocenters. The van der Waals surface area contributed by atoms with Crippen molar-refractivity contribution >= 4 is 11.6 Å². The first-order valence-electron chi connectivity index (χ1n) is 6.91. The molecular weight excluding hydrogens is 240 g/mol. The van der Waals surface area contributed by atoms with Crippen LogP contribution in [-0.4, -0.2) is 32.2 Å². The summed E-state index contributed by atoms with van der Waals surface area (Å²) in [6.07, 6.45) is 3.03. The molecule has 1 aliphatic heterocycles. The molecule has 2 N–H and O–H groups in total. The number of amides is 1. The van der Waals surface area contributed by atoms with Gasteiger partial charge in [-0.1, -0.05) is 6.92 Å². The molecule has 1 amide bonds. The third-order valence-corrected chi connectivity index (χ3v) is 3.50. The van der Waals surface area contributed by atoms with E-state index in [-0.39, 0.29) is 11.9 Å². The summed E-state index contributed by atoms with van der Waals surface area (Å²) < 4.78 is 5.10. The van der Waals surface area contributed by atoms with E-state index < -0.39 is 0 Å². The molecule has 2 rings (SSSR count). The van der Waals surface area contributed by atoms with E-state index in [1.807, 2.05) is 25.1 Å². The summed E-state index contributed by atoms with van der Waals surface area (Å²) in [5.74, 6) is -0.0164. The second kappa shape index (κ2) is 6.57. The Hall–Kier alpha value is -1.55. The summed E-state index contributed by atoms with van der Waals surface area (Å²) in [7, 11) is 1.65. The highest BCUT2D eigenvalue weighted by Crippen LogP contribution is 2.22. The van der Waals surface area contributed by atoms with Crippen LogP contribution in [0.25, 0.3) is 0 Å². The number of anilines is 1. The number of benzene rings is 1. The van der Waals surface area contributed by atoms with E-state index in [9.17, 15) is 4.79 Å². The number of hydrogen-bond donors (Lipinski definition) is 2. The Kier molecular flexibility index (Phi) is 4.80. The van der Waals surface area contributed by atoms with Crippen LogP contribution in [0.15, 0.2) is 18.2 Å². The van der Waals surface area contributed by atoms with E-state index in [1.165, 1.54) is 5.56 Å². The highest BCUT2D eigenvalue weighted by atomic mass is 16.5. The zero-order valence-electron chi connectivity index (χ0n) is 11.7. The third-order valence-electron chi connectivity index (χ3n) is 3.50. The van der Waals surface area contributed by atoms with Crippen molar-refractivity contribution in [3.63, 3.8) is 0 Å². The standard InChI is InChI=1S/C15H22N2O2/c1-3-13(10-19-2)17-15(18)12-6-7-14-11(9-12)5-4-8-16-14/h6-7,9,13,16H,3-5,8,10H2,1-2H3,(H,17,18). The second-order valence-corrected chi connectivity index (χ2v) is 4.94. The first kappa shape index (κ1) is 13.9. The zero-order valence-corrected chi connectivity index (χ0v) is 11.7. The normalized spacial score (nSPS) is 15.3. The lowest BCUT2D eigenvalue weighted by Gasteiger charge is -2.20. The molecule has 1 heterocycles. The number of nitrogens with one attached hydrogen (secondary N) is 2. The van der Waals surface area contributed by atoms with Crippen LogP contribution in [0.2, 0.25) is 0 Å². The van der Waals surface area contributed by atoms with E-state index >= 15 is 0 Å². The minimum atomic E-state index is -0.0164. The molecule has 0 fully saturated rings. The van der Waals surface area contributed by atoms with Crippen LogP contribution >= 0.6 is 0 Å². The monoisotopic (exact) mass is 262 g/mol. The Morgan fingerprint density at radius 3 is 3.11 bits per heavy atom. The molecule has 1 aromatic rings. The van der Waals surface area contributed by atoms with Gasteiger partial charge in [0.05, 0.1) is 12.6 Å². The summed E-state index contributed by atoms with van der Waals surface area (Å²) in [5.41, 5.74) is 3.13. The van der Waals surface area contributed by atoms with Crippen molar-refractivity contribution in [2.24, 2.45) is 0 Å². The Bertz CT molecular complexity index is 446. The predicted octanol–water partition coefficient (Wildman–Crippen LogP) is 2.20. The van der Waals surface area contributed by atoms with E-state index in [0.717, 1.165) is 37.1 Å². The van der Waals surface area contributed by atoms with Crippen LogP contribution in [0, 0.1) is 0 Å². The number of methoxy groups -OCH3 is 1. The maximum absolute atomic E-state index is 12.2. The van der Waals surface area contributed by atoms with Crippen molar-refractivity contribution in [2.75, 3.05) is 25.6 Å². The molecule has 0 bridgehead atoms. The van der Waals surface area contributed by atoms with Crippen molar-refractivity contribution in [2.45, 2.75) is 32.2 Å². The van der Waals surface area contributed by atoms with E-state index in [2.05, 4.69) is 10.6 Å². The molecule has 104 valence electrons. The smallest absolute Gasteiger partial charge is 0.251 e. The first-order chi connectivity index (χ1) is 9.24. The molecule has 19 heavy (non-hydrogen) atoms. The number of carbonyl (C=O) groups excluding carboxylic acids is 1. The number of carbonyl (C=O) groups is 1. The molecule has 0 aromatic heterocycles. The Labute approximate surface area is 114 Å². The van der Waals surface area contributed by atoms with Crippen LogP contribution in [0.5, 0.6) is 0 Å². The van der Waals surface area contributed by atoms with Gasteiger partial charge in [0.2, 0.25) is 0 Å². The number of fused-ring (bicyclic) bond motifs is 1. The van der Waals surface area contributed by atoms with Crippen molar-refractivity contribution in [1.29, 1.82) is 0 Å². The van der Waals surface area contributed by atoms with Crippen LogP contribution in [-0.2, 0) is 11.2 Å². The molecule has 0 radical (unpaired) electrons. The Morgan fingerprint density at radius 1 is 1.53 bits per heavy atom. The van der Waals surface area contributed by atoms with Crippen LogP contribution in [0.3, 0.4) is 0 Å². The van der Waals surface area contributed by atoms with Gasteiger partial charge >= 0.3 is 0 Å². The molecule has 0 saturated carbocycles. The predicted molar refractivity (Wildman–Crippen MR) is 76.7 cm³/mol. The van der Waals surface area contributed by atoms with E-state index in [1.54, 1.807) is 7.11 Å². The lowest BCUT2D eigenvalue weighted by molar-refractivity contribution is 0.0894. The van der Waals surface area contributed by atoms with Gasteiger partial charge in [0.15, 0.2) is 0 Å². The van der Waals surface area contributed by atoms with Crippen molar-refractivity contribution in [3.05, 3.63) is 29.3 Å². The highest BCUT2D eigenvalue weighted by molar-refractivity contribution is 5.95. The third kappa shape index (κ3) is 3.47. The molecule has 1 aromatic carbocycles. The van der Waals surface area contributed by atoms with E-state index in [4.69, 9.17) is 4.74 Å². The Balaban J connectivity index is 2.06. The van der Waals surface area contributed by atoms with E-state index in [0.29, 0.717) is 6.61 Å². The van der Waals surface area contributed by atoms with Gasteiger partial charge in [0, 0.05) is 24.9 Å². The van der Waals surface area contributed by atoms with Crippen molar-refractivity contribution < 1.29 is 9.53 Å². The molecule has 4 nitrogen and oxygen atoms in total. The summed E-state index contributed by atoms with van der Waals surface area (Å²) in [4.78, 5) is 12.2. The summed E-state index contributed by atoms with van der Waals surface area (Å²) in [6.45, 7) is 3.61. The average Bonchev–Trinajstić information content (AvgIpc) is 2.46. The Morgan fingerprint density at radius 2 is 2.37 bits per heavy atom. The molecule has 0 saturated heterocycles. The SMILES string of the molecule is CCC(COC)NC(=O)c1ccc2c(c1)CCCN2. The van der Waals surface area contributed by atoms with Crippen LogP contribution in [0.4, 0.5) is 5.69 Å². The number of rotatable bonds is 5. The molecular formula is C15H22N2O2. The van der Waals surface area contributed by atoms with Crippen LogP contribution in [0.1, 0.15) is 35.7 Å². The second-order valence-electron chi connectivity index (χ2n) is 4.94. The maximum atomic E-state index is 12.2. The highest BCUT2D eigenvalue weighted by Gasteiger charge is 2.15. The minimum absolute atomic E-state index is 0.0164. The quantitative estimate of drug-likeness (QED) is 0.855. The fraction of sp³-hybridized carbons (Fsp3) is 0.533. The van der Waals surface area contributed by atoms with Gasteiger partial charge in [0.1, 0.15) is 0 Å². The largest absolute Gasteiger partial charge is 0.385 e. The van der Waals surface area contributed by atoms with Gasteiger partial charge in [-0.05, 0) is 43.0 Å². The average molecular weight is 262 g/mol. The summed E-state index contributed by atoms with van der Waals surface area (Å²) >= 11 is 0. The van der Waals surface area contributed by atoms with Gasteiger partial charge in [0.25, 0.3) is 5.91 Å². The van der Waals surface area contributed by atoms with Gasteiger partial charge in [-0.3, -0.25) is 4.79 Å². The maximum Gasteiger partial charge on any atom is 0.251 e. The van der Waals surface area contributed by atoms with Gasteiger partial charge < -0.3 is 15.4 Å². The number of aryl methyl sites for hydroxylation is 1. The van der Waals surface area contributed by atoms with Crippen molar-refractivity contribution in [3.8, 4) is 0 Å². The fourth-order valence-corrected chi connectivity index (χ4v) is 2.35. The van der Waals surface area contributed by atoms with Crippen LogP contribution < -0.4 is 10.6 Å². The molecule has 1 aliphatic rings. The number of ether oxygens (including phenoxy) is 1. The molecule has 0 aliphatic carbocycles. The molecule has 0 spiro atoms. The zero-order chi connectivity index (χ0) is 13.7. The lowest BCUT2D eigenvalue weighted by atomic mass is 10.0. The first-order valence-corrected chi connectivity index (χ1v) is 6.91. The number of hydrogen-bond acceptors (Lipinski definition) is 3. The topological polar surface area (TPSA) is 50.4 Å². The molecule has 1 unspecified atom stereocenters. The van der Waals surface area contributed by atoms with Gasteiger partial charge in [-0.2, -0.15) is 0 Å². The van der Waals surface area contributed by atoms with Crippen molar-refractivity contribution in [1.82, 2.24) is 5.32 Å². The summed E-state index contributed by atoms with van der Waals surface area (Å²) in [5, 5.41) is 6.36. The molecule has 4 heteroatoms. The van der Waals surface area contributed by atoms with Gasteiger partial charge in [-0.15, -0.1) is 0 Å². The summed E-state index contributed by atoms with van der Waals surface area (Å²) in [6, 6.07) is 5.95. The minimum Gasteiger partial charge on any atom is -0.385 e. The lowest BCUT2D eigenvalue weighted by Crippen LogP contribution is -2.37. The fourth-order valence-electron chi connectivity index (χ4n) is 2.35.